The van der Waals surface area contributed by atoms with Crippen LogP contribution < -0.4 is 9.80 Å². The van der Waals surface area contributed by atoms with Gasteiger partial charge in [0.05, 0.1) is 6.61 Å². The van der Waals surface area contributed by atoms with E-state index < -0.39 is 22.3 Å². The second-order valence-electron chi connectivity index (χ2n) is 5.66. The highest BCUT2D eigenvalue weighted by Gasteiger charge is 2.40. The average Bonchev–Trinajstić information content (AvgIpc) is 2.95. The Bertz CT molecular complexity index is 782. The molecule has 0 radical (unpaired) electrons. The number of hydrogen-bond donors (Lipinski definition) is 2. The van der Waals surface area contributed by atoms with Crippen molar-refractivity contribution in [2.45, 2.75) is 12.5 Å². The molecule has 1 N–H and O–H groups in total. The first kappa shape index (κ1) is 18.1. The van der Waals surface area contributed by atoms with E-state index in [2.05, 4.69) is 12.8 Å². The molecule has 1 aromatic carbocycles. The molecule has 136 valence electrons. The van der Waals surface area contributed by atoms with E-state index >= 15 is 0 Å². The predicted octanol–water partition coefficient (Wildman–Crippen LogP) is 0.105. The molecule has 9 nitrogen and oxygen atoms in total. The molecule has 2 saturated heterocycles. The number of benzene rings is 1. The van der Waals surface area contributed by atoms with Crippen molar-refractivity contribution in [3.63, 3.8) is 0 Å². The highest BCUT2D eigenvalue weighted by Crippen LogP contribution is 2.28. The molecule has 0 saturated carbocycles. The molecule has 2 amide bonds. The molecule has 0 spiro atoms. The number of morpholine rings is 1. The van der Waals surface area contributed by atoms with Gasteiger partial charge in [0.1, 0.15) is 12.6 Å². The van der Waals surface area contributed by atoms with Crippen LogP contribution in [0.3, 0.4) is 0 Å². The van der Waals surface area contributed by atoms with Gasteiger partial charge in [0.25, 0.3) is 5.91 Å². The van der Waals surface area contributed by atoms with Crippen LogP contribution in [0.1, 0.15) is 6.42 Å². The molecule has 2 fully saturated rings. The third-order valence-electron chi connectivity index (χ3n) is 4.14. The molecule has 0 aliphatic carbocycles. The first-order valence-corrected chi connectivity index (χ1v) is 9.34. The van der Waals surface area contributed by atoms with Gasteiger partial charge in [-0.15, -0.1) is 3.71 Å². The minimum Gasteiger partial charge on any atom is -0.370 e. The Morgan fingerprint density at radius 1 is 1.12 bits per heavy atom. The van der Waals surface area contributed by atoms with Gasteiger partial charge >= 0.3 is 10.3 Å². The minimum absolute atomic E-state index is 0.0431. The fourth-order valence-electron chi connectivity index (χ4n) is 2.89. The van der Waals surface area contributed by atoms with Crippen LogP contribution in [0.4, 0.5) is 11.4 Å². The lowest BCUT2D eigenvalue weighted by atomic mass is 10.2. The van der Waals surface area contributed by atoms with Crippen molar-refractivity contribution in [1.29, 1.82) is 0 Å². The lowest BCUT2D eigenvalue weighted by Crippen LogP contribution is -2.41. The third kappa shape index (κ3) is 3.65. The Balaban J connectivity index is 1.75. The van der Waals surface area contributed by atoms with Crippen molar-refractivity contribution < 1.29 is 27.3 Å². The molecule has 2 aliphatic rings. The SMILES string of the molecule is O=C1COCCN1c1ccc(N2CCC(N(S)S(=O)(=O)O)C2=O)cc1. The number of amides is 2. The average molecular weight is 387 g/mol. The van der Waals surface area contributed by atoms with E-state index in [1.807, 2.05) is 0 Å². The van der Waals surface area contributed by atoms with Gasteiger partial charge in [0, 0.05) is 24.5 Å². The lowest BCUT2D eigenvalue weighted by molar-refractivity contribution is -0.125. The summed E-state index contributed by atoms with van der Waals surface area (Å²) in [5.41, 5.74) is 1.28. The second kappa shape index (κ2) is 6.92. The van der Waals surface area contributed by atoms with E-state index in [-0.39, 0.29) is 18.9 Å². The summed E-state index contributed by atoms with van der Waals surface area (Å²) in [4.78, 5) is 27.3. The van der Waals surface area contributed by atoms with Crippen molar-refractivity contribution in [1.82, 2.24) is 3.71 Å². The molecular weight excluding hydrogens is 370 g/mol. The number of thiol groups is 1. The molecule has 2 aliphatic heterocycles. The van der Waals surface area contributed by atoms with Crippen LogP contribution in [0.25, 0.3) is 0 Å². The zero-order valence-electron chi connectivity index (χ0n) is 13.1. The molecular formula is C14H17N3O6S2. The number of hydrogen-bond acceptors (Lipinski definition) is 6. The van der Waals surface area contributed by atoms with E-state index in [9.17, 15) is 18.0 Å². The van der Waals surface area contributed by atoms with Crippen LogP contribution in [-0.2, 0) is 24.6 Å². The number of carbonyl (C=O) groups excluding carboxylic acids is 2. The second-order valence-corrected chi connectivity index (χ2v) is 7.65. The summed E-state index contributed by atoms with van der Waals surface area (Å²) in [5, 5.41) is 0. The summed E-state index contributed by atoms with van der Waals surface area (Å²) in [6.07, 6.45) is 0.214. The van der Waals surface area contributed by atoms with Gasteiger partial charge < -0.3 is 14.5 Å². The first-order chi connectivity index (χ1) is 11.8. The molecule has 1 atom stereocenters. The molecule has 1 aromatic rings. The highest BCUT2D eigenvalue weighted by atomic mass is 32.3. The highest BCUT2D eigenvalue weighted by molar-refractivity contribution is 7.96. The van der Waals surface area contributed by atoms with E-state index in [1.165, 1.54) is 4.90 Å². The maximum absolute atomic E-state index is 12.4. The normalized spacial score (nSPS) is 22.1. The Morgan fingerprint density at radius 3 is 2.28 bits per heavy atom. The topological polar surface area (TPSA) is 107 Å². The number of nitrogens with zero attached hydrogens (tertiary/aromatic N) is 3. The van der Waals surface area contributed by atoms with E-state index in [0.29, 0.717) is 34.8 Å². The van der Waals surface area contributed by atoms with Gasteiger partial charge in [-0.1, -0.05) is 12.8 Å². The van der Waals surface area contributed by atoms with E-state index in [0.717, 1.165) is 0 Å². The molecule has 2 heterocycles. The number of ether oxygens (including phenoxy) is 1. The quantitative estimate of drug-likeness (QED) is 0.561. The van der Waals surface area contributed by atoms with Crippen LogP contribution in [0.2, 0.25) is 0 Å². The predicted molar refractivity (Wildman–Crippen MR) is 92.7 cm³/mol. The lowest BCUT2D eigenvalue weighted by Gasteiger charge is -2.27. The van der Waals surface area contributed by atoms with Crippen LogP contribution >= 0.6 is 12.8 Å². The van der Waals surface area contributed by atoms with Crippen molar-refractivity contribution in [2.24, 2.45) is 0 Å². The molecule has 3 rings (SSSR count). The summed E-state index contributed by atoms with van der Waals surface area (Å²) in [7, 11) is -4.56. The zero-order chi connectivity index (χ0) is 18.2. The van der Waals surface area contributed by atoms with Gasteiger partial charge in [0.15, 0.2) is 0 Å². The van der Waals surface area contributed by atoms with E-state index in [1.54, 1.807) is 29.2 Å². The summed E-state index contributed by atoms with van der Waals surface area (Å²) in [6, 6.07) is 5.77. The smallest absolute Gasteiger partial charge is 0.345 e. The number of anilines is 2. The van der Waals surface area contributed by atoms with E-state index in [4.69, 9.17) is 9.29 Å². The zero-order valence-corrected chi connectivity index (χ0v) is 14.8. The summed E-state index contributed by atoms with van der Waals surface area (Å²) in [6.45, 7) is 1.27. The molecule has 25 heavy (non-hydrogen) atoms. The summed E-state index contributed by atoms with van der Waals surface area (Å²) < 4.78 is 36.8. The maximum atomic E-state index is 12.4. The maximum Gasteiger partial charge on any atom is 0.345 e. The Labute approximate surface area is 150 Å². The van der Waals surface area contributed by atoms with Gasteiger partial charge in [-0.3, -0.25) is 14.1 Å². The van der Waals surface area contributed by atoms with Gasteiger partial charge in [-0.05, 0) is 30.7 Å². The Hall–Kier alpha value is -1.66. The third-order valence-corrected chi connectivity index (χ3v) is 5.76. The van der Waals surface area contributed by atoms with Crippen LogP contribution in [0, 0.1) is 0 Å². The Kier molecular flexibility index (Phi) is 5.02. The molecule has 0 bridgehead atoms. The number of rotatable bonds is 4. The van der Waals surface area contributed by atoms with Crippen molar-refractivity contribution in [3.8, 4) is 0 Å². The van der Waals surface area contributed by atoms with Crippen molar-refractivity contribution in [3.05, 3.63) is 24.3 Å². The molecule has 1 unspecified atom stereocenters. The number of carbonyl (C=O) groups is 2. The monoisotopic (exact) mass is 387 g/mol. The van der Waals surface area contributed by atoms with Crippen molar-refractivity contribution in [2.75, 3.05) is 36.1 Å². The fraction of sp³-hybridized carbons (Fsp3) is 0.429. The van der Waals surface area contributed by atoms with Crippen molar-refractivity contribution >= 4 is 46.3 Å². The summed E-state index contributed by atoms with van der Waals surface area (Å²) >= 11 is 3.71. The fourth-order valence-corrected chi connectivity index (χ4v) is 3.62. The van der Waals surface area contributed by atoms with Gasteiger partial charge in [-0.25, -0.2) is 0 Å². The van der Waals surface area contributed by atoms with Crippen LogP contribution in [0.15, 0.2) is 24.3 Å². The molecule has 0 aromatic heterocycles. The first-order valence-electron chi connectivity index (χ1n) is 7.54. The van der Waals surface area contributed by atoms with Crippen LogP contribution in [-0.4, -0.2) is 60.8 Å². The van der Waals surface area contributed by atoms with Crippen LogP contribution in [0.5, 0.6) is 0 Å². The van der Waals surface area contributed by atoms with Gasteiger partial charge in [0.2, 0.25) is 5.91 Å². The Morgan fingerprint density at radius 2 is 1.72 bits per heavy atom. The van der Waals surface area contributed by atoms with Gasteiger partial charge in [-0.2, -0.15) is 8.42 Å². The minimum atomic E-state index is -4.56. The standard InChI is InChI=1S/C14H17N3O6S2/c18-13-9-23-8-7-15(13)10-1-3-11(4-2-10)16-6-5-12(14(16)19)17(24)25(20,21)22/h1-4,12,24H,5-9H2,(H,20,21,22). The largest absolute Gasteiger partial charge is 0.370 e. The molecule has 11 heteroatoms. The summed E-state index contributed by atoms with van der Waals surface area (Å²) in [5.74, 6) is -0.599.